The highest BCUT2D eigenvalue weighted by Crippen LogP contribution is 2.34. The Morgan fingerprint density at radius 3 is 2.76 bits per heavy atom. The van der Waals surface area contributed by atoms with Gasteiger partial charge in [-0.2, -0.15) is 18.3 Å². The van der Waals surface area contributed by atoms with Gasteiger partial charge in [0.15, 0.2) is 10.8 Å². The number of halogens is 3. The molecular formula is C18H19F3N6OS. The van der Waals surface area contributed by atoms with E-state index in [-0.39, 0.29) is 30.0 Å². The van der Waals surface area contributed by atoms with Crippen LogP contribution >= 0.6 is 11.3 Å². The Labute approximate surface area is 168 Å². The Morgan fingerprint density at radius 1 is 1.28 bits per heavy atom. The lowest BCUT2D eigenvalue weighted by atomic mass is 10.0. The van der Waals surface area contributed by atoms with E-state index in [1.54, 1.807) is 0 Å². The number of nitrogens with one attached hydrogen (secondary N) is 1. The molecule has 7 nitrogen and oxygen atoms in total. The van der Waals surface area contributed by atoms with Crippen molar-refractivity contribution in [2.45, 2.75) is 45.3 Å². The Kier molecular flexibility index (Phi) is 4.93. The number of thiazole rings is 1. The van der Waals surface area contributed by atoms with E-state index in [4.69, 9.17) is 0 Å². The smallest absolute Gasteiger partial charge is 0.344 e. The van der Waals surface area contributed by atoms with Crippen LogP contribution in [0.5, 0.6) is 0 Å². The third-order valence-electron chi connectivity index (χ3n) is 5.02. The fraction of sp³-hybridized carbons (Fsp3) is 0.444. The molecule has 0 radical (unpaired) electrons. The number of amides is 1. The normalized spacial score (nSPS) is 17.7. The van der Waals surface area contributed by atoms with Crippen molar-refractivity contribution in [1.82, 2.24) is 19.6 Å². The van der Waals surface area contributed by atoms with Crippen molar-refractivity contribution in [1.29, 1.82) is 0 Å². The molecule has 0 aliphatic carbocycles. The molecule has 0 saturated carbocycles. The van der Waals surface area contributed by atoms with E-state index in [0.29, 0.717) is 18.0 Å². The molecule has 3 aromatic heterocycles. The molecule has 11 heteroatoms. The zero-order valence-electron chi connectivity index (χ0n) is 15.8. The van der Waals surface area contributed by atoms with Gasteiger partial charge in [0.1, 0.15) is 17.4 Å². The maximum Gasteiger partial charge on any atom is 0.408 e. The summed E-state index contributed by atoms with van der Waals surface area (Å²) in [7, 11) is 0. The number of hydrogen-bond acceptors (Lipinski definition) is 6. The van der Waals surface area contributed by atoms with Crippen LogP contribution in [0.2, 0.25) is 0 Å². The molecule has 0 bridgehead atoms. The summed E-state index contributed by atoms with van der Waals surface area (Å²) in [4.78, 5) is 23.6. The summed E-state index contributed by atoms with van der Waals surface area (Å²) in [5, 5.41) is 7.26. The largest absolute Gasteiger partial charge is 0.408 e. The summed E-state index contributed by atoms with van der Waals surface area (Å²) in [6, 6.07) is -0.0769. The lowest BCUT2D eigenvalue weighted by Gasteiger charge is -2.37. The average molecular weight is 424 g/mol. The third kappa shape index (κ3) is 3.78. The lowest BCUT2D eigenvalue weighted by molar-refractivity contribution is -0.152. The molecular weight excluding hydrogens is 405 g/mol. The Morgan fingerprint density at radius 2 is 2.07 bits per heavy atom. The summed E-state index contributed by atoms with van der Waals surface area (Å²) in [6.45, 7) is 4.02. The summed E-state index contributed by atoms with van der Waals surface area (Å²) >= 11 is 1.35. The van der Waals surface area contributed by atoms with Gasteiger partial charge in [0.25, 0.3) is 5.91 Å². The summed E-state index contributed by atoms with van der Waals surface area (Å²) in [5.74, 6) is -0.264. The number of fused-ring (bicyclic) bond motifs is 1. The van der Waals surface area contributed by atoms with Crippen molar-refractivity contribution in [3.63, 3.8) is 0 Å². The number of nitrogens with zero attached hydrogens (tertiary/aromatic N) is 5. The maximum absolute atomic E-state index is 13.5. The number of hydrogen-bond donors (Lipinski definition) is 1. The molecule has 1 atom stereocenters. The van der Waals surface area contributed by atoms with Crippen molar-refractivity contribution in [2.24, 2.45) is 0 Å². The van der Waals surface area contributed by atoms with Crippen LogP contribution in [-0.4, -0.2) is 44.3 Å². The van der Waals surface area contributed by atoms with Gasteiger partial charge in [0, 0.05) is 17.6 Å². The molecule has 1 aliphatic rings. The molecule has 29 heavy (non-hydrogen) atoms. The molecule has 0 aromatic carbocycles. The quantitative estimate of drug-likeness (QED) is 0.689. The van der Waals surface area contributed by atoms with Crippen molar-refractivity contribution in [2.75, 3.05) is 16.8 Å². The van der Waals surface area contributed by atoms with Gasteiger partial charge in [-0.05, 0) is 39.2 Å². The van der Waals surface area contributed by atoms with Crippen LogP contribution in [0.3, 0.4) is 0 Å². The van der Waals surface area contributed by atoms with E-state index < -0.39 is 18.1 Å². The lowest BCUT2D eigenvalue weighted by Crippen LogP contribution is -2.49. The van der Waals surface area contributed by atoms with Crippen LogP contribution < -0.4 is 10.2 Å². The molecule has 1 saturated heterocycles. The van der Waals surface area contributed by atoms with E-state index in [1.807, 2.05) is 13.8 Å². The fourth-order valence-corrected chi connectivity index (χ4v) is 4.23. The van der Waals surface area contributed by atoms with Crippen molar-refractivity contribution >= 4 is 33.8 Å². The van der Waals surface area contributed by atoms with Gasteiger partial charge in [-0.1, -0.05) is 0 Å². The minimum Gasteiger partial charge on any atom is -0.344 e. The number of alkyl halides is 3. The number of aromatic nitrogens is 4. The molecule has 4 rings (SSSR count). The maximum atomic E-state index is 13.5. The molecule has 0 spiro atoms. The third-order valence-corrected chi connectivity index (χ3v) is 6.01. The minimum atomic E-state index is -4.34. The van der Waals surface area contributed by atoms with Gasteiger partial charge in [-0.15, -0.1) is 11.3 Å². The predicted molar refractivity (Wildman–Crippen MR) is 104 cm³/mol. The zero-order valence-corrected chi connectivity index (χ0v) is 16.6. The standard InChI is InChI=1S/C18H19F3N6OS/c1-10-11(2)29-17(23-10)25-16(28)12-9-22-27-8-6-14(24-15(12)27)26-7-4-3-5-13(26)18(19,20)21/h6,8-9,13H,3-5,7H2,1-2H3,(H,23,25,28). The number of piperidine rings is 1. The Bertz CT molecular complexity index is 1040. The van der Waals surface area contributed by atoms with Crippen LogP contribution in [0.1, 0.15) is 40.2 Å². The van der Waals surface area contributed by atoms with Crippen molar-refractivity contribution < 1.29 is 18.0 Å². The van der Waals surface area contributed by atoms with Gasteiger partial charge in [0.2, 0.25) is 0 Å². The first-order valence-corrected chi connectivity index (χ1v) is 9.99. The molecule has 1 N–H and O–H groups in total. The van der Waals surface area contributed by atoms with Crippen LogP contribution in [0, 0.1) is 13.8 Å². The second kappa shape index (κ2) is 7.29. The van der Waals surface area contributed by atoms with Gasteiger partial charge < -0.3 is 4.90 Å². The molecule has 154 valence electrons. The number of carbonyl (C=O) groups is 1. The van der Waals surface area contributed by atoms with Gasteiger partial charge >= 0.3 is 6.18 Å². The summed E-state index contributed by atoms with van der Waals surface area (Å²) < 4.78 is 41.8. The number of carbonyl (C=O) groups excluding carboxylic acids is 1. The minimum absolute atomic E-state index is 0.0334. The number of anilines is 2. The first-order chi connectivity index (χ1) is 13.7. The highest BCUT2D eigenvalue weighted by atomic mass is 32.1. The summed E-state index contributed by atoms with van der Waals surface area (Å²) in [6.07, 6.45) is -0.244. The van der Waals surface area contributed by atoms with Crippen LogP contribution in [0.15, 0.2) is 18.5 Å². The Balaban J connectivity index is 1.66. The van der Waals surface area contributed by atoms with Crippen LogP contribution in [-0.2, 0) is 0 Å². The topological polar surface area (TPSA) is 75.4 Å². The van der Waals surface area contributed by atoms with E-state index in [1.165, 1.54) is 39.2 Å². The molecule has 4 heterocycles. The van der Waals surface area contributed by atoms with Crippen LogP contribution in [0.25, 0.3) is 5.65 Å². The van der Waals surface area contributed by atoms with E-state index >= 15 is 0 Å². The van der Waals surface area contributed by atoms with E-state index in [9.17, 15) is 18.0 Å². The average Bonchev–Trinajstić information content (AvgIpc) is 3.23. The van der Waals surface area contributed by atoms with Gasteiger partial charge in [-0.25, -0.2) is 14.5 Å². The van der Waals surface area contributed by atoms with Crippen molar-refractivity contribution in [3.8, 4) is 0 Å². The van der Waals surface area contributed by atoms with Crippen LogP contribution in [0.4, 0.5) is 24.1 Å². The van der Waals surface area contributed by atoms with Crippen molar-refractivity contribution in [3.05, 3.63) is 34.6 Å². The zero-order chi connectivity index (χ0) is 20.8. The number of rotatable bonds is 3. The first-order valence-electron chi connectivity index (χ1n) is 9.17. The SMILES string of the molecule is Cc1nc(NC(=O)c2cnn3ccc(N4CCCCC4C(F)(F)F)nc23)sc1C. The number of aryl methyl sites for hydroxylation is 2. The van der Waals surface area contributed by atoms with E-state index in [0.717, 1.165) is 10.6 Å². The second-order valence-electron chi connectivity index (χ2n) is 6.97. The molecule has 1 unspecified atom stereocenters. The molecule has 3 aromatic rings. The van der Waals surface area contributed by atoms with Gasteiger partial charge in [-0.3, -0.25) is 10.1 Å². The predicted octanol–water partition coefficient (Wildman–Crippen LogP) is 3.98. The van der Waals surface area contributed by atoms with Gasteiger partial charge in [0.05, 0.1) is 11.9 Å². The summed E-state index contributed by atoms with van der Waals surface area (Å²) in [5.41, 5.74) is 1.21. The molecule has 1 amide bonds. The monoisotopic (exact) mass is 424 g/mol. The highest BCUT2D eigenvalue weighted by molar-refractivity contribution is 7.15. The fourth-order valence-electron chi connectivity index (χ4n) is 3.42. The second-order valence-corrected chi connectivity index (χ2v) is 8.18. The van der Waals surface area contributed by atoms with E-state index in [2.05, 4.69) is 20.4 Å². The highest BCUT2D eigenvalue weighted by Gasteiger charge is 2.45. The first kappa shape index (κ1) is 19.6. The molecule has 1 aliphatic heterocycles. The Hall–Kier alpha value is -2.69. The molecule has 1 fully saturated rings.